The minimum atomic E-state index is 0.315. The zero-order valence-corrected chi connectivity index (χ0v) is 14.4. The molecule has 0 bridgehead atoms. The Morgan fingerprint density at radius 2 is 2.14 bits per heavy atom. The summed E-state index contributed by atoms with van der Waals surface area (Å²) in [6.45, 7) is 8.28. The van der Waals surface area contributed by atoms with Gasteiger partial charge in [-0.3, -0.25) is 4.90 Å². The summed E-state index contributed by atoms with van der Waals surface area (Å²) in [5, 5.41) is 6.11. The van der Waals surface area contributed by atoms with E-state index in [0.717, 1.165) is 19.0 Å². The van der Waals surface area contributed by atoms with Crippen molar-refractivity contribution in [2.75, 3.05) is 13.1 Å². The van der Waals surface area contributed by atoms with Crippen LogP contribution in [0.5, 0.6) is 0 Å². The van der Waals surface area contributed by atoms with E-state index in [-0.39, 0.29) is 0 Å². The molecule has 21 heavy (non-hydrogen) atoms. The molecule has 0 amide bonds. The maximum Gasteiger partial charge on any atom is 0.0334 e. The average molecular weight is 307 g/mol. The predicted octanol–water partition coefficient (Wildman–Crippen LogP) is 4.27. The van der Waals surface area contributed by atoms with Crippen LogP contribution in [0, 0.1) is 5.92 Å². The summed E-state index contributed by atoms with van der Waals surface area (Å²) in [6, 6.07) is 5.19. The fourth-order valence-electron chi connectivity index (χ4n) is 4.03. The molecule has 0 aromatic carbocycles. The molecule has 1 saturated heterocycles. The molecular weight excluding hydrogens is 276 g/mol. The van der Waals surface area contributed by atoms with Crippen LogP contribution in [0.2, 0.25) is 0 Å². The molecule has 1 saturated carbocycles. The first kappa shape index (κ1) is 15.5. The molecule has 118 valence electrons. The molecule has 1 aromatic heterocycles. The van der Waals surface area contributed by atoms with Gasteiger partial charge in [0, 0.05) is 36.1 Å². The van der Waals surface area contributed by atoms with Gasteiger partial charge in [0.25, 0.3) is 0 Å². The van der Waals surface area contributed by atoms with E-state index in [4.69, 9.17) is 0 Å². The molecule has 2 heterocycles. The third-order valence-corrected chi connectivity index (χ3v) is 6.69. The van der Waals surface area contributed by atoms with Gasteiger partial charge in [-0.25, -0.2) is 0 Å². The van der Waals surface area contributed by atoms with Gasteiger partial charge in [-0.2, -0.15) is 0 Å². The van der Waals surface area contributed by atoms with E-state index in [1.165, 1.54) is 49.9 Å². The van der Waals surface area contributed by atoms with Crippen molar-refractivity contribution in [3.05, 3.63) is 22.4 Å². The Labute approximate surface area is 133 Å². The van der Waals surface area contributed by atoms with Crippen LogP contribution >= 0.6 is 11.3 Å². The van der Waals surface area contributed by atoms with Gasteiger partial charge in [0.15, 0.2) is 0 Å². The van der Waals surface area contributed by atoms with Gasteiger partial charge in [-0.15, -0.1) is 11.3 Å². The number of hydrogen-bond donors (Lipinski definition) is 1. The summed E-state index contributed by atoms with van der Waals surface area (Å²) in [4.78, 5) is 4.27. The van der Waals surface area contributed by atoms with Gasteiger partial charge < -0.3 is 5.32 Å². The van der Waals surface area contributed by atoms with Crippen molar-refractivity contribution in [3.63, 3.8) is 0 Å². The van der Waals surface area contributed by atoms with Crippen LogP contribution in [0.25, 0.3) is 0 Å². The van der Waals surface area contributed by atoms with E-state index in [0.29, 0.717) is 11.6 Å². The van der Waals surface area contributed by atoms with Gasteiger partial charge in [0.2, 0.25) is 0 Å². The molecule has 2 fully saturated rings. The van der Waals surface area contributed by atoms with Gasteiger partial charge in [-0.1, -0.05) is 32.3 Å². The summed E-state index contributed by atoms with van der Waals surface area (Å²) in [6.07, 6.45) is 8.44. The number of nitrogens with zero attached hydrogens (tertiary/aromatic N) is 1. The van der Waals surface area contributed by atoms with Gasteiger partial charge >= 0.3 is 0 Å². The van der Waals surface area contributed by atoms with Crippen molar-refractivity contribution >= 4 is 11.3 Å². The van der Waals surface area contributed by atoms with E-state index in [9.17, 15) is 0 Å². The molecule has 3 rings (SSSR count). The zero-order chi connectivity index (χ0) is 14.7. The van der Waals surface area contributed by atoms with E-state index in [1.54, 1.807) is 0 Å². The highest BCUT2D eigenvalue weighted by Gasteiger charge is 2.38. The van der Waals surface area contributed by atoms with E-state index < -0.39 is 0 Å². The molecule has 3 heteroatoms. The summed E-state index contributed by atoms with van der Waals surface area (Å²) in [5.74, 6) is 0.908. The minimum Gasteiger partial charge on any atom is -0.311 e. The third-order valence-electron chi connectivity index (χ3n) is 5.83. The topological polar surface area (TPSA) is 15.3 Å². The summed E-state index contributed by atoms with van der Waals surface area (Å²) in [7, 11) is 0. The molecule has 0 radical (unpaired) electrons. The first-order chi connectivity index (χ1) is 10.2. The summed E-state index contributed by atoms with van der Waals surface area (Å²) in [5.41, 5.74) is 0.315. The first-order valence-electron chi connectivity index (χ1n) is 8.72. The molecular formula is C18H30N2S. The standard InChI is InChI=1S/C18H30N2S/c1-3-18(2)14-19-17(15-8-5-4-6-9-15)13-20(18)12-16-10-7-11-21-16/h7,10-11,15,17,19H,3-6,8-9,12-14H2,1-2H3. The smallest absolute Gasteiger partial charge is 0.0334 e. The SMILES string of the molecule is CCC1(C)CNC(C2CCCCC2)CN1Cc1cccs1. The lowest BCUT2D eigenvalue weighted by Gasteiger charge is -2.50. The van der Waals surface area contributed by atoms with Crippen LogP contribution in [0.4, 0.5) is 0 Å². The van der Waals surface area contributed by atoms with Crippen molar-refractivity contribution in [2.45, 2.75) is 70.5 Å². The highest BCUT2D eigenvalue weighted by Crippen LogP contribution is 2.32. The normalized spacial score (nSPS) is 32.4. The molecule has 1 aromatic rings. The molecule has 2 unspecified atom stereocenters. The minimum absolute atomic E-state index is 0.315. The Hall–Kier alpha value is -0.380. The lowest BCUT2D eigenvalue weighted by atomic mass is 9.81. The van der Waals surface area contributed by atoms with Crippen molar-refractivity contribution < 1.29 is 0 Å². The lowest BCUT2D eigenvalue weighted by Crippen LogP contribution is -2.64. The van der Waals surface area contributed by atoms with Crippen LogP contribution < -0.4 is 5.32 Å². The van der Waals surface area contributed by atoms with Crippen LogP contribution in [-0.4, -0.2) is 29.6 Å². The maximum atomic E-state index is 3.90. The highest BCUT2D eigenvalue weighted by molar-refractivity contribution is 7.09. The molecule has 2 aliphatic rings. The second-order valence-electron chi connectivity index (χ2n) is 7.20. The molecule has 1 N–H and O–H groups in total. The molecule has 2 atom stereocenters. The van der Waals surface area contributed by atoms with Crippen LogP contribution in [0.1, 0.15) is 57.2 Å². The zero-order valence-electron chi connectivity index (χ0n) is 13.6. The Kier molecular flexibility index (Phi) is 5.03. The molecule has 0 spiro atoms. The maximum absolute atomic E-state index is 3.90. The largest absolute Gasteiger partial charge is 0.311 e. The molecule has 1 aliphatic carbocycles. The Balaban J connectivity index is 1.69. The van der Waals surface area contributed by atoms with Crippen LogP contribution in [-0.2, 0) is 6.54 Å². The Bertz CT molecular complexity index is 424. The number of rotatable bonds is 4. The van der Waals surface area contributed by atoms with Crippen molar-refractivity contribution in [3.8, 4) is 0 Å². The summed E-state index contributed by atoms with van der Waals surface area (Å²) < 4.78 is 0. The predicted molar refractivity (Wildman–Crippen MR) is 91.8 cm³/mol. The fraction of sp³-hybridized carbons (Fsp3) is 0.778. The third kappa shape index (κ3) is 3.52. The quantitative estimate of drug-likeness (QED) is 0.893. The Morgan fingerprint density at radius 1 is 1.33 bits per heavy atom. The number of piperazine rings is 1. The van der Waals surface area contributed by atoms with Gasteiger partial charge in [0.1, 0.15) is 0 Å². The number of hydrogen-bond acceptors (Lipinski definition) is 3. The number of nitrogens with one attached hydrogen (secondary N) is 1. The second-order valence-corrected chi connectivity index (χ2v) is 8.23. The van der Waals surface area contributed by atoms with E-state index >= 15 is 0 Å². The van der Waals surface area contributed by atoms with Gasteiger partial charge in [0.05, 0.1) is 0 Å². The monoisotopic (exact) mass is 306 g/mol. The van der Waals surface area contributed by atoms with Crippen LogP contribution in [0.15, 0.2) is 17.5 Å². The molecule has 2 nitrogen and oxygen atoms in total. The summed E-state index contributed by atoms with van der Waals surface area (Å²) >= 11 is 1.90. The lowest BCUT2D eigenvalue weighted by molar-refractivity contribution is 0.0238. The van der Waals surface area contributed by atoms with Crippen molar-refractivity contribution in [1.82, 2.24) is 10.2 Å². The molecule has 1 aliphatic heterocycles. The van der Waals surface area contributed by atoms with E-state index in [1.807, 2.05) is 11.3 Å². The highest BCUT2D eigenvalue weighted by atomic mass is 32.1. The van der Waals surface area contributed by atoms with Gasteiger partial charge in [-0.05, 0) is 43.6 Å². The van der Waals surface area contributed by atoms with Crippen LogP contribution in [0.3, 0.4) is 0 Å². The van der Waals surface area contributed by atoms with Crippen molar-refractivity contribution in [2.24, 2.45) is 5.92 Å². The second kappa shape index (κ2) is 6.80. The fourth-order valence-corrected chi connectivity index (χ4v) is 4.75. The van der Waals surface area contributed by atoms with E-state index in [2.05, 4.69) is 41.6 Å². The average Bonchev–Trinajstić information content (AvgIpc) is 3.03. The number of thiophene rings is 1. The first-order valence-corrected chi connectivity index (χ1v) is 9.60. The Morgan fingerprint density at radius 3 is 2.81 bits per heavy atom. The van der Waals surface area contributed by atoms with Crippen molar-refractivity contribution in [1.29, 1.82) is 0 Å².